The van der Waals surface area contributed by atoms with Crippen LogP contribution in [0.2, 0.25) is 0 Å². The van der Waals surface area contributed by atoms with Crippen molar-refractivity contribution < 1.29 is 0 Å². The van der Waals surface area contributed by atoms with E-state index in [-0.39, 0.29) is 18.4 Å². The minimum atomic E-state index is 0. The smallest absolute Gasteiger partial charge is 0.233 e. The molecule has 0 amide bonds. The maximum Gasteiger partial charge on any atom is 0.233 e. The highest BCUT2D eigenvalue weighted by atomic mass is 35.5. The third kappa shape index (κ3) is 4.46. The van der Waals surface area contributed by atoms with Gasteiger partial charge >= 0.3 is 0 Å². The summed E-state index contributed by atoms with van der Waals surface area (Å²) in [7, 11) is 3.73. The molecule has 1 aromatic carbocycles. The van der Waals surface area contributed by atoms with Crippen LogP contribution in [0, 0.1) is 0 Å². The molecule has 0 atom stereocenters. The summed E-state index contributed by atoms with van der Waals surface area (Å²) in [5, 5.41) is 3.22. The van der Waals surface area contributed by atoms with Gasteiger partial charge in [-0.15, -0.1) is 12.4 Å². The van der Waals surface area contributed by atoms with E-state index >= 15 is 0 Å². The van der Waals surface area contributed by atoms with Crippen molar-refractivity contribution in [3.8, 4) is 0 Å². The van der Waals surface area contributed by atoms with Gasteiger partial charge in [0.1, 0.15) is 0 Å². The summed E-state index contributed by atoms with van der Waals surface area (Å²) in [6.45, 7) is 2.15. The van der Waals surface area contributed by atoms with E-state index < -0.39 is 0 Å². The predicted molar refractivity (Wildman–Crippen MR) is 89.5 cm³/mol. The van der Waals surface area contributed by atoms with Crippen LogP contribution in [0.15, 0.2) is 24.3 Å². The molecule has 0 unspecified atom stereocenters. The number of aromatic nitrogens is 3. The molecule has 0 aliphatic carbocycles. The first-order chi connectivity index (χ1) is 9.60. The maximum atomic E-state index is 5.72. The van der Waals surface area contributed by atoms with Gasteiger partial charge in [-0.1, -0.05) is 31.5 Å². The number of anilines is 4. The molecule has 0 radical (unpaired) electrons. The highest BCUT2D eigenvalue weighted by molar-refractivity contribution is 5.85. The van der Waals surface area contributed by atoms with Crippen molar-refractivity contribution in [3.63, 3.8) is 0 Å². The van der Waals surface area contributed by atoms with Crippen LogP contribution in [0.1, 0.15) is 18.9 Å². The van der Waals surface area contributed by atoms with Gasteiger partial charge in [-0.2, -0.15) is 15.0 Å². The minimum Gasteiger partial charge on any atom is -0.368 e. The average molecular weight is 309 g/mol. The molecule has 0 saturated heterocycles. The number of hydrogen-bond acceptors (Lipinski definition) is 6. The van der Waals surface area contributed by atoms with Crippen LogP contribution in [0.4, 0.5) is 23.5 Å². The first-order valence-electron chi connectivity index (χ1n) is 6.64. The van der Waals surface area contributed by atoms with Gasteiger partial charge < -0.3 is 16.0 Å². The Morgan fingerprint density at radius 1 is 1.14 bits per heavy atom. The summed E-state index contributed by atoms with van der Waals surface area (Å²) in [6, 6.07) is 8.13. The highest BCUT2D eigenvalue weighted by Gasteiger charge is 2.08. The Labute approximate surface area is 131 Å². The lowest BCUT2D eigenvalue weighted by Gasteiger charge is -2.13. The Kier molecular flexibility index (Phi) is 6.17. The van der Waals surface area contributed by atoms with Crippen LogP contribution < -0.4 is 16.0 Å². The number of nitrogens with one attached hydrogen (secondary N) is 1. The normalized spacial score (nSPS) is 9.86. The third-order valence-corrected chi connectivity index (χ3v) is 2.82. The largest absolute Gasteiger partial charge is 0.368 e. The van der Waals surface area contributed by atoms with E-state index in [0.29, 0.717) is 11.9 Å². The molecular formula is C14H21ClN6. The molecule has 0 aliphatic heterocycles. The van der Waals surface area contributed by atoms with E-state index in [4.69, 9.17) is 5.73 Å². The second-order valence-corrected chi connectivity index (χ2v) is 4.74. The van der Waals surface area contributed by atoms with Crippen LogP contribution >= 0.6 is 12.4 Å². The van der Waals surface area contributed by atoms with Crippen LogP contribution in [0.25, 0.3) is 0 Å². The number of aryl methyl sites for hydroxylation is 1. The van der Waals surface area contributed by atoms with Gasteiger partial charge in [-0.3, -0.25) is 0 Å². The Balaban J connectivity index is 0.00000220. The zero-order valence-corrected chi connectivity index (χ0v) is 13.3. The van der Waals surface area contributed by atoms with E-state index in [0.717, 1.165) is 18.5 Å². The van der Waals surface area contributed by atoms with E-state index in [9.17, 15) is 0 Å². The summed E-state index contributed by atoms with van der Waals surface area (Å²) in [4.78, 5) is 14.3. The average Bonchev–Trinajstić information content (AvgIpc) is 2.40. The fraction of sp³-hybridized carbons (Fsp3) is 0.357. The fourth-order valence-corrected chi connectivity index (χ4v) is 1.89. The molecule has 0 aliphatic rings. The third-order valence-electron chi connectivity index (χ3n) is 2.82. The molecular weight excluding hydrogens is 288 g/mol. The first kappa shape index (κ1) is 17.0. The van der Waals surface area contributed by atoms with Crippen molar-refractivity contribution in [1.29, 1.82) is 0 Å². The van der Waals surface area contributed by atoms with Crippen molar-refractivity contribution in [2.45, 2.75) is 19.8 Å². The molecule has 1 heterocycles. The summed E-state index contributed by atoms with van der Waals surface area (Å²) < 4.78 is 0. The summed E-state index contributed by atoms with van der Waals surface area (Å²) in [5.74, 6) is 1.21. The van der Waals surface area contributed by atoms with Crippen molar-refractivity contribution in [3.05, 3.63) is 29.8 Å². The van der Waals surface area contributed by atoms with Crippen molar-refractivity contribution in [2.75, 3.05) is 30.0 Å². The highest BCUT2D eigenvalue weighted by Crippen LogP contribution is 2.21. The van der Waals surface area contributed by atoms with Crippen LogP contribution in [0.3, 0.4) is 0 Å². The first-order valence-corrected chi connectivity index (χ1v) is 6.64. The summed E-state index contributed by atoms with van der Waals surface area (Å²) >= 11 is 0. The van der Waals surface area contributed by atoms with Crippen LogP contribution in [-0.2, 0) is 6.42 Å². The Bertz CT molecular complexity index is 587. The number of nitrogens with zero attached hydrogens (tertiary/aromatic N) is 4. The molecule has 2 aromatic rings. The lowest BCUT2D eigenvalue weighted by Crippen LogP contribution is -2.15. The van der Waals surface area contributed by atoms with Crippen molar-refractivity contribution in [2.24, 2.45) is 0 Å². The SMILES string of the molecule is CCCc1ccccc1Nc1nc(N)nc(N(C)C)n1.Cl. The molecule has 0 spiro atoms. The Morgan fingerprint density at radius 3 is 2.52 bits per heavy atom. The molecule has 1 aromatic heterocycles. The molecule has 0 saturated carbocycles. The molecule has 0 fully saturated rings. The van der Waals surface area contributed by atoms with E-state index in [1.54, 1.807) is 4.90 Å². The quantitative estimate of drug-likeness (QED) is 0.884. The zero-order valence-electron chi connectivity index (χ0n) is 12.5. The lowest BCUT2D eigenvalue weighted by atomic mass is 10.1. The molecule has 7 heteroatoms. The molecule has 6 nitrogen and oxygen atoms in total. The number of rotatable bonds is 5. The minimum absolute atomic E-state index is 0. The Hall–Kier alpha value is -2.08. The van der Waals surface area contributed by atoms with Crippen LogP contribution in [0.5, 0.6) is 0 Å². The summed E-state index contributed by atoms with van der Waals surface area (Å²) in [5.41, 5.74) is 7.96. The maximum absolute atomic E-state index is 5.72. The standard InChI is InChI=1S/C14H20N6.ClH/c1-4-7-10-8-5-6-9-11(10)16-13-17-12(15)18-14(19-13)20(2)3;/h5-6,8-9H,4,7H2,1-3H3,(H3,15,16,17,18,19);1H. The van der Waals surface area contributed by atoms with Gasteiger partial charge in [0.2, 0.25) is 17.8 Å². The number of para-hydroxylation sites is 1. The monoisotopic (exact) mass is 308 g/mol. The number of nitrogens with two attached hydrogens (primary N) is 1. The number of halogens is 1. The topological polar surface area (TPSA) is 80.0 Å². The predicted octanol–water partition coefficient (Wildman–Crippen LogP) is 2.64. The van der Waals surface area contributed by atoms with Gasteiger partial charge in [0.05, 0.1) is 0 Å². The van der Waals surface area contributed by atoms with E-state index in [1.807, 2.05) is 32.3 Å². The molecule has 3 N–H and O–H groups in total. The van der Waals surface area contributed by atoms with Crippen molar-refractivity contribution >= 4 is 35.9 Å². The van der Waals surface area contributed by atoms with Crippen LogP contribution in [-0.4, -0.2) is 29.0 Å². The zero-order chi connectivity index (χ0) is 14.5. The lowest BCUT2D eigenvalue weighted by molar-refractivity contribution is 0.921. The van der Waals surface area contributed by atoms with Gasteiger partial charge in [0, 0.05) is 19.8 Å². The van der Waals surface area contributed by atoms with Gasteiger partial charge in [-0.05, 0) is 18.1 Å². The fourth-order valence-electron chi connectivity index (χ4n) is 1.89. The summed E-state index contributed by atoms with van der Waals surface area (Å²) in [6.07, 6.45) is 2.09. The Morgan fingerprint density at radius 2 is 1.86 bits per heavy atom. The van der Waals surface area contributed by atoms with Gasteiger partial charge in [0.15, 0.2) is 0 Å². The van der Waals surface area contributed by atoms with Crippen molar-refractivity contribution in [1.82, 2.24) is 15.0 Å². The molecule has 0 bridgehead atoms. The number of nitrogen functional groups attached to an aromatic ring is 1. The number of hydrogen-bond donors (Lipinski definition) is 2. The van der Waals surface area contributed by atoms with Gasteiger partial charge in [-0.25, -0.2) is 0 Å². The van der Waals surface area contributed by atoms with E-state index in [1.165, 1.54) is 5.56 Å². The number of benzene rings is 1. The second-order valence-electron chi connectivity index (χ2n) is 4.74. The molecule has 2 rings (SSSR count). The molecule has 21 heavy (non-hydrogen) atoms. The second kappa shape index (κ2) is 7.64. The molecule has 114 valence electrons. The van der Waals surface area contributed by atoms with E-state index in [2.05, 4.69) is 33.3 Å². The van der Waals surface area contributed by atoms with Gasteiger partial charge in [0.25, 0.3) is 0 Å².